The summed E-state index contributed by atoms with van der Waals surface area (Å²) >= 11 is 6.04. The van der Waals surface area contributed by atoms with Crippen molar-refractivity contribution in [3.05, 3.63) is 101 Å². The van der Waals surface area contributed by atoms with Crippen molar-refractivity contribution >= 4 is 23.2 Å². The molecule has 1 heterocycles. The van der Waals surface area contributed by atoms with Gasteiger partial charge in [-0.1, -0.05) is 66.2 Å². The molecule has 1 atom stereocenters. The fourth-order valence-corrected chi connectivity index (χ4v) is 3.63. The lowest BCUT2D eigenvalue weighted by Crippen LogP contribution is -2.59. The van der Waals surface area contributed by atoms with Gasteiger partial charge in [-0.15, -0.1) is 0 Å². The molecule has 3 aromatic carbocycles. The van der Waals surface area contributed by atoms with Gasteiger partial charge in [0.25, 0.3) is 5.91 Å². The first-order valence-electron chi connectivity index (χ1n) is 8.57. The van der Waals surface area contributed by atoms with Gasteiger partial charge < -0.3 is 10.2 Å². The average molecular weight is 363 g/mol. The lowest BCUT2D eigenvalue weighted by atomic mass is 9.93. The minimum atomic E-state index is -0.646. The number of fused-ring (bicyclic) bond motifs is 1. The first-order chi connectivity index (χ1) is 12.6. The Labute approximate surface area is 158 Å². The Morgan fingerprint density at radius 3 is 2.31 bits per heavy atom. The molecule has 1 unspecified atom stereocenters. The quantitative estimate of drug-likeness (QED) is 0.714. The van der Waals surface area contributed by atoms with E-state index in [0.717, 1.165) is 16.8 Å². The van der Waals surface area contributed by atoms with E-state index >= 15 is 0 Å². The number of amides is 1. The zero-order chi connectivity index (χ0) is 18.1. The Bertz CT molecular complexity index is 940. The number of halogens is 1. The first kappa shape index (κ1) is 16.7. The highest BCUT2D eigenvalue weighted by Gasteiger charge is 2.41. The number of anilines is 1. The predicted molar refractivity (Wildman–Crippen MR) is 105 cm³/mol. The van der Waals surface area contributed by atoms with Crippen LogP contribution in [0.25, 0.3) is 0 Å². The number of nitrogens with zero attached hydrogens (tertiary/aromatic N) is 1. The van der Waals surface area contributed by atoms with Gasteiger partial charge in [-0.05, 0) is 42.3 Å². The van der Waals surface area contributed by atoms with E-state index in [9.17, 15) is 4.79 Å². The molecule has 1 N–H and O–H groups in total. The van der Waals surface area contributed by atoms with Crippen LogP contribution in [-0.2, 0) is 12.2 Å². The van der Waals surface area contributed by atoms with E-state index in [1.807, 2.05) is 85.8 Å². The molecule has 1 amide bonds. The Balaban J connectivity index is 1.84. The number of carbonyl (C=O) groups excluding carboxylic acids is 1. The van der Waals surface area contributed by atoms with Gasteiger partial charge in [0.15, 0.2) is 0 Å². The summed E-state index contributed by atoms with van der Waals surface area (Å²) in [6.45, 7) is 2.70. The monoisotopic (exact) mass is 362 g/mol. The van der Waals surface area contributed by atoms with Crippen molar-refractivity contribution in [2.75, 3.05) is 4.90 Å². The van der Waals surface area contributed by atoms with E-state index in [4.69, 9.17) is 11.6 Å². The SMILES string of the molecule is CC1(c2ccccc2)NC(=O)c2ccccc2N1Cc1ccc(Cl)cc1. The van der Waals surface area contributed by atoms with Crippen LogP contribution in [0.15, 0.2) is 78.9 Å². The molecule has 130 valence electrons. The molecule has 0 fully saturated rings. The van der Waals surface area contributed by atoms with Crippen LogP contribution < -0.4 is 10.2 Å². The normalized spacial score (nSPS) is 19.0. The summed E-state index contributed by atoms with van der Waals surface area (Å²) in [5.74, 6) is -0.0562. The van der Waals surface area contributed by atoms with Crippen LogP contribution in [0.5, 0.6) is 0 Å². The fraction of sp³-hybridized carbons (Fsp3) is 0.136. The van der Waals surface area contributed by atoms with Crippen molar-refractivity contribution in [3.63, 3.8) is 0 Å². The third-order valence-corrected chi connectivity index (χ3v) is 5.18. The van der Waals surface area contributed by atoms with Gasteiger partial charge in [-0.25, -0.2) is 0 Å². The molecule has 0 bridgehead atoms. The molecule has 0 radical (unpaired) electrons. The number of rotatable bonds is 3. The average Bonchev–Trinajstić information content (AvgIpc) is 2.67. The third-order valence-electron chi connectivity index (χ3n) is 4.93. The molecule has 26 heavy (non-hydrogen) atoms. The predicted octanol–water partition coefficient (Wildman–Crippen LogP) is 4.96. The van der Waals surface area contributed by atoms with E-state index in [1.54, 1.807) is 0 Å². The van der Waals surface area contributed by atoms with Crippen molar-refractivity contribution in [1.82, 2.24) is 5.32 Å². The van der Waals surface area contributed by atoms with Crippen LogP contribution in [-0.4, -0.2) is 5.91 Å². The fourth-order valence-electron chi connectivity index (χ4n) is 3.50. The maximum Gasteiger partial charge on any atom is 0.255 e. The molecule has 0 saturated heterocycles. The summed E-state index contributed by atoms with van der Waals surface area (Å²) < 4.78 is 0. The van der Waals surface area contributed by atoms with Crippen LogP contribution in [0.1, 0.15) is 28.4 Å². The molecule has 0 spiro atoms. The maximum atomic E-state index is 12.8. The molecule has 3 aromatic rings. The van der Waals surface area contributed by atoms with Crippen molar-refractivity contribution in [2.45, 2.75) is 19.1 Å². The van der Waals surface area contributed by atoms with Gasteiger partial charge in [0.2, 0.25) is 0 Å². The number of hydrogen-bond donors (Lipinski definition) is 1. The molecule has 4 heteroatoms. The van der Waals surface area contributed by atoms with Crippen LogP contribution in [0.3, 0.4) is 0 Å². The molecule has 1 aliphatic rings. The zero-order valence-corrected chi connectivity index (χ0v) is 15.2. The second-order valence-corrected chi connectivity index (χ2v) is 7.06. The molecule has 3 nitrogen and oxygen atoms in total. The van der Waals surface area contributed by atoms with Gasteiger partial charge >= 0.3 is 0 Å². The highest BCUT2D eigenvalue weighted by Crippen LogP contribution is 2.38. The number of hydrogen-bond acceptors (Lipinski definition) is 2. The minimum Gasteiger partial charge on any atom is -0.340 e. The van der Waals surface area contributed by atoms with Gasteiger partial charge in [0.1, 0.15) is 5.66 Å². The number of para-hydroxylation sites is 1. The van der Waals surface area contributed by atoms with E-state index in [1.165, 1.54) is 0 Å². The van der Waals surface area contributed by atoms with Crippen molar-refractivity contribution in [1.29, 1.82) is 0 Å². The zero-order valence-electron chi connectivity index (χ0n) is 14.4. The number of benzene rings is 3. The molecule has 1 aliphatic heterocycles. The van der Waals surface area contributed by atoms with E-state index in [-0.39, 0.29) is 5.91 Å². The first-order valence-corrected chi connectivity index (χ1v) is 8.95. The summed E-state index contributed by atoms with van der Waals surface area (Å²) in [7, 11) is 0. The maximum absolute atomic E-state index is 12.8. The minimum absolute atomic E-state index is 0.0562. The smallest absolute Gasteiger partial charge is 0.255 e. The van der Waals surface area contributed by atoms with Crippen LogP contribution in [0.4, 0.5) is 5.69 Å². The van der Waals surface area contributed by atoms with Gasteiger partial charge in [-0.2, -0.15) is 0 Å². The van der Waals surface area contributed by atoms with E-state index in [2.05, 4.69) is 10.2 Å². The lowest BCUT2D eigenvalue weighted by Gasteiger charge is -2.47. The number of carbonyl (C=O) groups is 1. The summed E-state index contributed by atoms with van der Waals surface area (Å²) in [6, 6.07) is 25.6. The van der Waals surface area contributed by atoms with Crippen LogP contribution in [0.2, 0.25) is 5.02 Å². The van der Waals surface area contributed by atoms with Gasteiger partial charge in [0, 0.05) is 11.6 Å². The molecular formula is C22H19ClN2O. The molecule has 0 aliphatic carbocycles. The highest BCUT2D eigenvalue weighted by atomic mass is 35.5. The molecule has 0 aromatic heterocycles. The van der Waals surface area contributed by atoms with Gasteiger partial charge in [0.05, 0.1) is 11.3 Å². The summed E-state index contributed by atoms with van der Waals surface area (Å²) in [4.78, 5) is 15.0. The second kappa shape index (κ2) is 6.50. The van der Waals surface area contributed by atoms with Crippen molar-refractivity contribution in [3.8, 4) is 0 Å². The molecule has 4 rings (SSSR count). The Kier molecular flexibility index (Phi) is 4.17. The van der Waals surface area contributed by atoms with E-state index in [0.29, 0.717) is 17.1 Å². The van der Waals surface area contributed by atoms with E-state index < -0.39 is 5.66 Å². The van der Waals surface area contributed by atoms with Crippen molar-refractivity contribution in [2.24, 2.45) is 0 Å². The van der Waals surface area contributed by atoms with Gasteiger partial charge in [-0.3, -0.25) is 4.79 Å². The highest BCUT2D eigenvalue weighted by molar-refractivity contribution is 6.30. The third kappa shape index (κ3) is 2.85. The number of nitrogens with one attached hydrogen (secondary N) is 1. The summed E-state index contributed by atoms with van der Waals surface area (Å²) in [6.07, 6.45) is 0. The Morgan fingerprint density at radius 1 is 0.923 bits per heavy atom. The summed E-state index contributed by atoms with van der Waals surface area (Å²) in [5, 5.41) is 3.92. The largest absolute Gasteiger partial charge is 0.340 e. The van der Waals surface area contributed by atoms with Crippen LogP contribution in [0, 0.1) is 0 Å². The Hall–Kier alpha value is -2.78. The van der Waals surface area contributed by atoms with Crippen LogP contribution >= 0.6 is 11.6 Å². The molecule has 0 saturated carbocycles. The molecular weight excluding hydrogens is 344 g/mol. The van der Waals surface area contributed by atoms with Crippen molar-refractivity contribution < 1.29 is 4.79 Å². The standard InChI is InChI=1S/C22H19ClN2O/c1-22(17-7-3-2-4-8-17)24-21(26)19-9-5-6-10-20(19)25(22)15-16-11-13-18(23)14-12-16/h2-14H,15H2,1H3,(H,24,26). The Morgan fingerprint density at radius 2 is 1.58 bits per heavy atom. The topological polar surface area (TPSA) is 32.3 Å². The lowest BCUT2D eigenvalue weighted by molar-refractivity contribution is 0.0886. The summed E-state index contributed by atoms with van der Waals surface area (Å²) in [5.41, 5.74) is 3.14. The second-order valence-electron chi connectivity index (χ2n) is 6.62.